The normalized spacial score (nSPS) is 11.5. The van der Waals surface area contributed by atoms with E-state index in [4.69, 9.17) is 21.1 Å². The van der Waals surface area contributed by atoms with Crippen molar-refractivity contribution in [3.8, 4) is 5.75 Å². The summed E-state index contributed by atoms with van der Waals surface area (Å²) in [6.45, 7) is 1.09. The molecule has 0 aliphatic rings. The SMILES string of the molecule is C[C@H](OC(=O)COc1ccc(Cl)cc1)C(=O)Nc1ccc(F)cc1. The molecule has 0 saturated heterocycles. The van der Waals surface area contributed by atoms with E-state index in [0.717, 1.165) is 0 Å². The van der Waals surface area contributed by atoms with Crippen LogP contribution in [0.5, 0.6) is 5.75 Å². The molecule has 2 rings (SSSR count). The lowest BCUT2D eigenvalue weighted by molar-refractivity contribution is -0.155. The van der Waals surface area contributed by atoms with E-state index >= 15 is 0 Å². The van der Waals surface area contributed by atoms with Gasteiger partial charge in [0.15, 0.2) is 12.7 Å². The minimum Gasteiger partial charge on any atom is -0.482 e. The Morgan fingerprint density at radius 2 is 1.75 bits per heavy atom. The number of carbonyl (C=O) groups excluding carboxylic acids is 2. The first-order valence-corrected chi connectivity index (χ1v) is 7.46. The number of hydrogen-bond donors (Lipinski definition) is 1. The molecule has 0 spiro atoms. The third-order valence-electron chi connectivity index (χ3n) is 2.96. The molecular weight excluding hydrogens is 337 g/mol. The van der Waals surface area contributed by atoms with Crippen molar-refractivity contribution in [1.82, 2.24) is 0 Å². The van der Waals surface area contributed by atoms with E-state index in [1.54, 1.807) is 24.3 Å². The molecule has 7 heteroatoms. The molecule has 0 heterocycles. The van der Waals surface area contributed by atoms with Crippen molar-refractivity contribution in [2.24, 2.45) is 0 Å². The Morgan fingerprint density at radius 3 is 2.38 bits per heavy atom. The maximum atomic E-state index is 12.8. The molecule has 1 N–H and O–H groups in total. The van der Waals surface area contributed by atoms with Crippen LogP contribution in [0.15, 0.2) is 48.5 Å². The van der Waals surface area contributed by atoms with Gasteiger partial charge in [0.25, 0.3) is 5.91 Å². The minimum atomic E-state index is -1.02. The predicted molar refractivity (Wildman–Crippen MR) is 87.5 cm³/mol. The Kier molecular flexibility index (Phi) is 6.14. The standard InChI is InChI=1S/C17H15ClFNO4/c1-11(17(22)20-14-6-4-13(19)5-7-14)24-16(21)10-23-15-8-2-12(18)3-9-15/h2-9,11H,10H2,1H3,(H,20,22)/t11-/m0/s1. The highest BCUT2D eigenvalue weighted by atomic mass is 35.5. The summed E-state index contributed by atoms with van der Waals surface area (Å²) < 4.78 is 23.0. The van der Waals surface area contributed by atoms with Gasteiger partial charge in [-0.25, -0.2) is 9.18 Å². The van der Waals surface area contributed by atoms with Crippen LogP contribution in [0.25, 0.3) is 0 Å². The fraction of sp³-hybridized carbons (Fsp3) is 0.176. The Hall–Kier alpha value is -2.60. The molecule has 5 nitrogen and oxygen atoms in total. The monoisotopic (exact) mass is 351 g/mol. The van der Waals surface area contributed by atoms with Gasteiger partial charge in [-0.3, -0.25) is 4.79 Å². The van der Waals surface area contributed by atoms with Crippen LogP contribution in [0.3, 0.4) is 0 Å². The minimum absolute atomic E-state index is 0.337. The summed E-state index contributed by atoms with van der Waals surface area (Å²) >= 11 is 5.74. The second-order valence-corrected chi connectivity index (χ2v) is 5.31. The van der Waals surface area contributed by atoms with Crippen molar-refractivity contribution in [3.63, 3.8) is 0 Å². The van der Waals surface area contributed by atoms with Crippen LogP contribution in [0, 0.1) is 5.82 Å². The molecule has 24 heavy (non-hydrogen) atoms. The van der Waals surface area contributed by atoms with E-state index in [0.29, 0.717) is 16.5 Å². The van der Waals surface area contributed by atoms with Crippen LogP contribution in [-0.4, -0.2) is 24.6 Å². The largest absolute Gasteiger partial charge is 0.482 e. The van der Waals surface area contributed by atoms with Crippen LogP contribution < -0.4 is 10.1 Å². The highest BCUT2D eigenvalue weighted by Crippen LogP contribution is 2.15. The molecule has 0 radical (unpaired) electrons. The van der Waals surface area contributed by atoms with Crippen LogP contribution in [0.2, 0.25) is 5.02 Å². The summed E-state index contributed by atoms with van der Waals surface area (Å²) in [5.74, 6) is -1.17. The average Bonchev–Trinajstić information content (AvgIpc) is 2.56. The maximum Gasteiger partial charge on any atom is 0.344 e. The van der Waals surface area contributed by atoms with E-state index in [9.17, 15) is 14.0 Å². The van der Waals surface area contributed by atoms with Crippen molar-refractivity contribution in [2.75, 3.05) is 11.9 Å². The summed E-state index contributed by atoms with van der Waals surface area (Å²) in [4.78, 5) is 23.6. The molecule has 2 aromatic rings. The van der Waals surface area contributed by atoms with Gasteiger partial charge in [-0.2, -0.15) is 0 Å². The van der Waals surface area contributed by atoms with Crippen LogP contribution in [-0.2, 0) is 14.3 Å². The molecule has 1 amide bonds. The molecule has 0 saturated carbocycles. The zero-order valence-corrected chi connectivity index (χ0v) is 13.5. The van der Waals surface area contributed by atoms with E-state index < -0.39 is 23.8 Å². The summed E-state index contributed by atoms with van der Waals surface area (Å²) in [5.41, 5.74) is 0.404. The molecule has 0 bridgehead atoms. The van der Waals surface area contributed by atoms with Gasteiger partial charge in [-0.1, -0.05) is 11.6 Å². The smallest absolute Gasteiger partial charge is 0.344 e. The highest BCUT2D eigenvalue weighted by molar-refractivity contribution is 6.30. The number of benzene rings is 2. The second kappa shape index (κ2) is 8.31. The lowest BCUT2D eigenvalue weighted by atomic mass is 10.3. The van der Waals surface area contributed by atoms with Gasteiger partial charge in [0, 0.05) is 10.7 Å². The molecule has 0 aliphatic heterocycles. The molecule has 0 unspecified atom stereocenters. The maximum absolute atomic E-state index is 12.8. The fourth-order valence-corrected chi connectivity index (χ4v) is 1.86. The van der Waals surface area contributed by atoms with Gasteiger partial charge in [-0.05, 0) is 55.5 Å². The first-order chi connectivity index (χ1) is 11.4. The summed E-state index contributed by atoms with van der Waals surface area (Å²) in [7, 11) is 0. The van der Waals surface area contributed by atoms with Gasteiger partial charge in [-0.15, -0.1) is 0 Å². The Bertz CT molecular complexity index is 704. The molecule has 2 aromatic carbocycles. The topological polar surface area (TPSA) is 64.6 Å². The van der Waals surface area contributed by atoms with Crippen LogP contribution in [0.4, 0.5) is 10.1 Å². The van der Waals surface area contributed by atoms with Gasteiger partial charge in [0.1, 0.15) is 11.6 Å². The number of anilines is 1. The van der Waals surface area contributed by atoms with E-state index in [1.165, 1.54) is 31.2 Å². The lowest BCUT2D eigenvalue weighted by Gasteiger charge is -2.14. The lowest BCUT2D eigenvalue weighted by Crippen LogP contribution is -2.31. The molecular formula is C17H15ClFNO4. The molecule has 0 aromatic heterocycles. The van der Waals surface area contributed by atoms with Crippen molar-refractivity contribution in [1.29, 1.82) is 0 Å². The third-order valence-corrected chi connectivity index (χ3v) is 3.21. The average molecular weight is 352 g/mol. The Labute approximate surface area is 143 Å². The zero-order chi connectivity index (χ0) is 17.5. The van der Waals surface area contributed by atoms with E-state index in [1.807, 2.05) is 0 Å². The van der Waals surface area contributed by atoms with Gasteiger partial charge in [0.05, 0.1) is 0 Å². The first-order valence-electron chi connectivity index (χ1n) is 7.08. The fourth-order valence-electron chi connectivity index (χ4n) is 1.73. The zero-order valence-electron chi connectivity index (χ0n) is 12.8. The van der Waals surface area contributed by atoms with E-state index in [-0.39, 0.29) is 6.61 Å². The number of nitrogens with one attached hydrogen (secondary N) is 1. The highest BCUT2D eigenvalue weighted by Gasteiger charge is 2.18. The molecule has 0 aliphatic carbocycles. The summed E-state index contributed by atoms with van der Waals surface area (Å²) in [6.07, 6.45) is -1.02. The van der Waals surface area contributed by atoms with Crippen LogP contribution >= 0.6 is 11.6 Å². The van der Waals surface area contributed by atoms with Gasteiger partial charge >= 0.3 is 5.97 Å². The molecule has 1 atom stereocenters. The van der Waals surface area contributed by atoms with Crippen molar-refractivity contribution < 1.29 is 23.5 Å². The number of rotatable bonds is 6. The van der Waals surface area contributed by atoms with Gasteiger partial charge < -0.3 is 14.8 Å². The number of hydrogen-bond acceptors (Lipinski definition) is 4. The Morgan fingerprint density at radius 1 is 1.12 bits per heavy atom. The molecule has 126 valence electrons. The second-order valence-electron chi connectivity index (χ2n) is 4.87. The van der Waals surface area contributed by atoms with Crippen molar-refractivity contribution >= 4 is 29.2 Å². The first kappa shape index (κ1) is 17.7. The van der Waals surface area contributed by atoms with Gasteiger partial charge in [0.2, 0.25) is 0 Å². The third kappa shape index (κ3) is 5.55. The summed E-state index contributed by atoms with van der Waals surface area (Å²) in [6, 6.07) is 11.7. The van der Waals surface area contributed by atoms with Crippen molar-refractivity contribution in [2.45, 2.75) is 13.0 Å². The summed E-state index contributed by atoms with van der Waals surface area (Å²) in [5, 5.41) is 3.07. The molecule has 0 fully saturated rings. The Balaban J connectivity index is 1.78. The number of halogens is 2. The number of amides is 1. The number of ether oxygens (including phenoxy) is 2. The quantitative estimate of drug-likeness (QED) is 0.810. The number of esters is 1. The van der Waals surface area contributed by atoms with E-state index in [2.05, 4.69) is 5.32 Å². The van der Waals surface area contributed by atoms with Crippen molar-refractivity contribution in [3.05, 3.63) is 59.4 Å². The van der Waals surface area contributed by atoms with Crippen LogP contribution in [0.1, 0.15) is 6.92 Å². The predicted octanol–water partition coefficient (Wildman–Crippen LogP) is 3.43. The number of carbonyl (C=O) groups is 2.